The number of piperidine rings is 1. The number of ether oxygens (including phenoxy) is 2. The van der Waals surface area contributed by atoms with Crippen molar-refractivity contribution in [3.05, 3.63) is 73.2 Å². The number of rotatable bonds is 6. The molecule has 4 aromatic rings. The Hall–Kier alpha value is -4.38. The molecule has 170 valence electrons. The van der Waals surface area contributed by atoms with Crippen LogP contribution in [0.2, 0.25) is 0 Å². The third-order valence-corrected chi connectivity index (χ3v) is 5.93. The van der Waals surface area contributed by atoms with Crippen molar-refractivity contribution in [2.45, 2.75) is 25.3 Å². The van der Waals surface area contributed by atoms with Crippen LogP contribution in [0.15, 0.2) is 73.2 Å². The molecule has 0 unspecified atom stereocenters. The number of nitriles is 1. The Morgan fingerprint density at radius 1 is 0.941 bits per heavy atom. The first-order valence-corrected chi connectivity index (χ1v) is 11.2. The molecule has 1 amide bonds. The molecule has 8 heteroatoms. The number of aromatic nitrogens is 3. The quantitative estimate of drug-likeness (QED) is 0.404. The number of hydrogen-bond donors (Lipinski definition) is 0. The van der Waals surface area contributed by atoms with Gasteiger partial charge in [-0.05, 0) is 55.3 Å². The summed E-state index contributed by atoms with van der Waals surface area (Å²) in [4.78, 5) is 22.6. The molecule has 0 N–H and O–H groups in total. The largest absolute Gasteiger partial charge is 0.457 e. The maximum Gasteiger partial charge on any atom is 0.247 e. The molecule has 1 fully saturated rings. The lowest BCUT2D eigenvalue weighted by molar-refractivity contribution is -0.131. The second-order valence-electron chi connectivity index (χ2n) is 8.07. The Balaban J connectivity index is 1.32. The highest BCUT2D eigenvalue weighted by molar-refractivity contribution is 5.81. The predicted molar refractivity (Wildman–Crippen MR) is 126 cm³/mol. The smallest absolute Gasteiger partial charge is 0.247 e. The fraction of sp³-hybridized carbons (Fsp3) is 0.231. The summed E-state index contributed by atoms with van der Waals surface area (Å²) in [7, 11) is 0. The summed E-state index contributed by atoms with van der Waals surface area (Å²) < 4.78 is 14.1. The summed E-state index contributed by atoms with van der Waals surface area (Å²) in [6.45, 7) is 1.25. The fourth-order valence-electron chi connectivity index (χ4n) is 4.23. The predicted octanol–water partition coefficient (Wildman–Crippen LogP) is 5.09. The van der Waals surface area contributed by atoms with Crippen molar-refractivity contribution >= 4 is 16.9 Å². The van der Waals surface area contributed by atoms with Crippen molar-refractivity contribution in [1.82, 2.24) is 19.4 Å². The summed E-state index contributed by atoms with van der Waals surface area (Å²) >= 11 is 0. The summed E-state index contributed by atoms with van der Waals surface area (Å²) in [6, 6.07) is 21.1. The van der Waals surface area contributed by atoms with Crippen LogP contribution in [0.5, 0.6) is 23.1 Å². The first-order chi connectivity index (χ1) is 16.7. The van der Waals surface area contributed by atoms with Gasteiger partial charge in [0.15, 0.2) is 0 Å². The van der Waals surface area contributed by atoms with Crippen LogP contribution in [-0.4, -0.2) is 38.4 Å². The maximum absolute atomic E-state index is 12.0. The van der Waals surface area contributed by atoms with E-state index >= 15 is 0 Å². The molecule has 1 saturated heterocycles. The lowest BCUT2D eigenvalue weighted by atomic mass is 10.0. The van der Waals surface area contributed by atoms with Gasteiger partial charge in [-0.1, -0.05) is 18.2 Å². The average Bonchev–Trinajstić information content (AvgIpc) is 3.31. The Kier molecular flexibility index (Phi) is 6.08. The molecule has 34 heavy (non-hydrogen) atoms. The fourth-order valence-corrected chi connectivity index (χ4v) is 4.23. The summed E-state index contributed by atoms with van der Waals surface area (Å²) in [6.07, 6.45) is 5.01. The molecule has 3 heterocycles. The molecule has 8 nitrogen and oxygen atoms in total. The topological polar surface area (TPSA) is 93.3 Å². The number of carbonyl (C=O) groups excluding carboxylic acids is 1. The number of para-hydroxylation sites is 1. The van der Waals surface area contributed by atoms with Crippen LogP contribution < -0.4 is 9.47 Å². The van der Waals surface area contributed by atoms with E-state index in [4.69, 9.17) is 14.7 Å². The molecule has 0 atom stereocenters. The molecular weight excluding hydrogens is 430 g/mol. The zero-order chi connectivity index (χ0) is 23.3. The Morgan fingerprint density at radius 3 is 2.32 bits per heavy atom. The van der Waals surface area contributed by atoms with E-state index < -0.39 is 0 Å². The minimum absolute atomic E-state index is 0.0713. The van der Waals surface area contributed by atoms with Gasteiger partial charge in [0.25, 0.3) is 0 Å². The van der Waals surface area contributed by atoms with Crippen molar-refractivity contribution < 1.29 is 14.3 Å². The van der Waals surface area contributed by atoms with Crippen LogP contribution >= 0.6 is 0 Å². The molecule has 2 aromatic heterocycles. The Labute approximate surface area is 197 Å². The van der Waals surface area contributed by atoms with Gasteiger partial charge in [-0.3, -0.25) is 4.79 Å². The highest BCUT2D eigenvalue weighted by atomic mass is 16.5. The SMILES string of the molecule is N#CCC(=O)N1CCC(n2ccc3ncnc(Oc4ccc(Oc5ccccc5)cc4)c32)CC1. The molecule has 1 aliphatic rings. The van der Waals surface area contributed by atoms with E-state index in [2.05, 4.69) is 14.5 Å². The van der Waals surface area contributed by atoms with E-state index in [-0.39, 0.29) is 18.4 Å². The second-order valence-corrected chi connectivity index (χ2v) is 8.07. The van der Waals surface area contributed by atoms with Crippen molar-refractivity contribution in [1.29, 1.82) is 5.26 Å². The van der Waals surface area contributed by atoms with E-state index in [1.807, 2.05) is 72.9 Å². The number of nitrogens with zero attached hydrogens (tertiary/aromatic N) is 5. The van der Waals surface area contributed by atoms with E-state index in [1.54, 1.807) is 4.90 Å². The van der Waals surface area contributed by atoms with Crippen molar-refractivity contribution in [2.75, 3.05) is 13.1 Å². The van der Waals surface area contributed by atoms with E-state index in [9.17, 15) is 4.79 Å². The van der Waals surface area contributed by atoms with Gasteiger partial charge >= 0.3 is 0 Å². The number of likely N-dealkylation sites (tertiary alicyclic amines) is 1. The molecule has 0 radical (unpaired) electrons. The lowest BCUT2D eigenvalue weighted by Crippen LogP contribution is -2.38. The van der Waals surface area contributed by atoms with E-state index in [0.717, 1.165) is 29.6 Å². The Bertz CT molecular complexity index is 1320. The van der Waals surface area contributed by atoms with Crippen LogP contribution in [-0.2, 0) is 4.79 Å². The van der Waals surface area contributed by atoms with Gasteiger partial charge in [0, 0.05) is 25.3 Å². The number of carbonyl (C=O) groups is 1. The van der Waals surface area contributed by atoms with Crippen LogP contribution in [0, 0.1) is 11.3 Å². The average molecular weight is 454 g/mol. The van der Waals surface area contributed by atoms with Crippen molar-refractivity contribution in [3.8, 4) is 29.2 Å². The highest BCUT2D eigenvalue weighted by Crippen LogP contribution is 2.34. The van der Waals surface area contributed by atoms with Crippen molar-refractivity contribution in [2.24, 2.45) is 0 Å². The first-order valence-electron chi connectivity index (χ1n) is 11.2. The number of amides is 1. The highest BCUT2D eigenvalue weighted by Gasteiger charge is 2.25. The third-order valence-electron chi connectivity index (χ3n) is 5.93. The molecule has 5 rings (SSSR count). The minimum atomic E-state index is -0.106. The minimum Gasteiger partial charge on any atom is -0.457 e. The molecule has 0 saturated carbocycles. The van der Waals surface area contributed by atoms with Crippen LogP contribution in [0.1, 0.15) is 25.3 Å². The lowest BCUT2D eigenvalue weighted by Gasteiger charge is -2.32. The third kappa shape index (κ3) is 4.55. The van der Waals surface area contributed by atoms with Crippen LogP contribution in [0.25, 0.3) is 11.0 Å². The van der Waals surface area contributed by atoms with Gasteiger partial charge in [0.1, 0.15) is 35.5 Å². The zero-order valence-electron chi connectivity index (χ0n) is 18.5. The number of hydrogen-bond acceptors (Lipinski definition) is 6. The molecule has 0 spiro atoms. The molecular formula is C26H23N5O3. The van der Waals surface area contributed by atoms with Crippen molar-refractivity contribution in [3.63, 3.8) is 0 Å². The van der Waals surface area contributed by atoms with Gasteiger partial charge < -0.3 is 18.9 Å². The normalized spacial score (nSPS) is 14.0. The zero-order valence-corrected chi connectivity index (χ0v) is 18.5. The monoisotopic (exact) mass is 453 g/mol. The summed E-state index contributed by atoms with van der Waals surface area (Å²) in [5.41, 5.74) is 1.63. The Morgan fingerprint density at radius 2 is 1.62 bits per heavy atom. The van der Waals surface area contributed by atoms with Gasteiger partial charge in [-0.2, -0.15) is 10.2 Å². The second kappa shape index (κ2) is 9.63. The van der Waals surface area contributed by atoms with Crippen LogP contribution in [0.3, 0.4) is 0 Å². The standard InChI is InChI=1S/C26H23N5O3/c27-14-10-24(32)30-15-11-19(12-16-30)31-17-13-23-25(31)26(29-18-28-23)34-22-8-6-21(7-9-22)33-20-4-2-1-3-5-20/h1-9,13,17-19H,10-12,15-16H2. The molecule has 1 aliphatic heterocycles. The first kappa shape index (κ1) is 21.5. The number of fused-ring (bicyclic) bond motifs is 1. The van der Waals surface area contributed by atoms with Crippen LogP contribution in [0.4, 0.5) is 0 Å². The summed E-state index contributed by atoms with van der Waals surface area (Å²) in [5, 5.41) is 8.78. The van der Waals surface area contributed by atoms with Gasteiger partial charge in [0.05, 0.1) is 11.6 Å². The maximum atomic E-state index is 12.0. The van der Waals surface area contributed by atoms with E-state index in [0.29, 0.717) is 30.5 Å². The van der Waals surface area contributed by atoms with Gasteiger partial charge in [0.2, 0.25) is 11.8 Å². The molecule has 0 aliphatic carbocycles. The van der Waals surface area contributed by atoms with Gasteiger partial charge in [-0.25, -0.2) is 4.98 Å². The van der Waals surface area contributed by atoms with Gasteiger partial charge in [-0.15, -0.1) is 0 Å². The van der Waals surface area contributed by atoms with E-state index in [1.165, 1.54) is 6.33 Å². The summed E-state index contributed by atoms with van der Waals surface area (Å²) in [5.74, 6) is 2.50. The molecule has 2 aromatic carbocycles. The molecule has 0 bridgehead atoms. The number of benzene rings is 2.